The van der Waals surface area contributed by atoms with Crippen molar-refractivity contribution in [2.24, 2.45) is 5.73 Å². The van der Waals surface area contributed by atoms with Gasteiger partial charge in [0.25, 0.3) is 0 Å². The average molecular weight is 337 g/mol. The number of para-hydroxylation sites is 1. The molecule has 8 nitrogen and oxygen atoms in total. The summed E-state index contributed by atoms with van der Waals surface area (Å²) < 4.78 is 0. The first-order chi connectivity index (χ1) is 12.0. The van der Waals surface area contributed by atoms with Crippen LogP contribution in [0, 0.1) is 0 Å². The number of hydrogen-bond donors (Lipinski definition) is 4. The average Bonchev–Trinajstić information content (AvgIpc) is 2.60. The molecule has 25 heavy (non-hydrogen) atoms. The Labute approximate surface area is 142 Å². The van der Waals surface area contributed by atoms with Crippen LogP contribution in [0.3, 0.4) is 0 Å². The molecule has 126 valence electrons. The second-order valence-electron chi connectivity index (χ2n) is 5.23. The van der Waals surface area contributed by atoms with E-state index in [2.05, 4.69) is 20.6 Å². The largest absolute Gasteiger partial charge is 0.480 e. The van der Waals surface area contributed by atoms with E-state index in [4.69, 9.17) is 10.8 Å². The summed E-state index contributed by atoms with van der Waals surface area (Å²) in [5.74, 6) is -0.768. The number of carbonyl (C=O) groups excluding carboxylic acids is 1. The molecule has 0 spiro atoms. The topological polar surface area (TPSA) is 130 Å². The molecule has 8 heteroatoms. The lowest BCUT2D eigenvalue weighted by Gasteiger charge is -2.11. The van der Waals surface area contributed by atoms with Crippen molar-refractivity contribution in [1.29, 1.82) is 0 Å². The second kappa shape index (κ2) is 6.83. The third-order valence-corrected chi connectivity index (χ3v) is 3.44. The smallest absolute Gasteiger partial charge is 0.322 e. The number of hydrogen-bond acceptors (Lipinski definition) is 6. The number of primary amides is 1. The van der Waals surface area contributed by atoms with Gasteiger partial charge in [0, 0.05) is 16.6 Å². The highest BCUT2D eigenvalue weighted by Crippen LogP contribution is 2.23. The standard InChI is InChI=1S/C17H15N5O3/c18-15(25)10-5-7-11(8-6-10)20-17-21-13-4-2-1-3-12(13)16(22-17)19-9-14(23)24/h1-8H,9H2,(H2,18,25)(H,23,24)(H2,19,20,21,22). The van der Waals surface area contributed by atoms with E-state index in [-0.39, 0.29) is 6.54 Å². The van der Waals surface area contributed by atoms with Gasteiger partial charge in [-0.2, -0.15) is 4.98 Å². The molecule has 1 aromatic heterocycles. The van der Waals surface area contributed by atoms with Crippen LogP contribution >= 0.6 is 0 Å². The SMILES string of the molecule is NC(=O)c1ccc(Nc2nc(NCC(=O)O)c3ccccc3n2)cc1. The van der Waals surface area contributed by atoms with Gasteiger partial charge in [0.2, 0.25) is 11.9 Å². The second-order valence-corrected chi connectivity index (χ2v) is 5.23. The number of amides is 1. The minimum atomic E-state index is -0.987. The fourth-order valence-corrected chi connectivity index (χ4v) is 2.27. The molecule has 2 aromatic carbocycles. The molecule has 1 amide bonds. The molecule has 0 aliphatic rings. The maximum Gasteiger partial charge on any atom is 0.322 e. The van der Waals surface area contributed by atoms with Gasteiger partial charge < -0.3 is 21.5 Å². The molecule has 3 rings (SSSR count). The molecule has 5 N–H and O–H groups in total. The van der Waals surface area contributed by atoms with Gasteiger partial charge in [0.15, 0.2) is 0 Å². The number of rotatable bonds is 6. The van der Waals surface area contributed by atoms with Crippen molar-refractivity contribution in [2.75, 3.05) is 17.2 Å². The van der Waals surface area contributed by atoms with E-state index in [1.807, 2.05) is 24.3 Å². The predicted molar refractivity (Wildman–Crippen MR) is 93.9 cm³/mol. The number of anilines is 3. The molecule has 0 saturated carbocycles. The molecule has 0 aliphatic heterocycles. The number of carboxylic acid groups (broad SMARTS) is 1. The van der Waals surface area contributed by atoms with Gasteiger partial charge in [-0.1, -0.05) is 12.1 Å². The van der Waals surface area contributed by atoms with Gasteiger partial charge in [-0.15, -0.1) is 0 Å². The van der Waals surface area contributed by atoms with Crippen LogP contribution in [0.25, 0.3) is 10.9 Å². The molecular weight excluding hydrogens is 322 g/mol. The van der Waals surface area contributed by atoms with Crippen LogP contribution in [0.4, 0.5) is 17.5 Å². The van der Waals surface area contributed by atoms with Crippen molar-refractivity contribution in [3.05, 3.63) is 54.1 Å². The highest BCUT2D eigenvalue weighted by atomic mass is 16.4. The summed E-state index contributed by atoms with van der Waals surface area (Å²) in [6, 6.07) is 13.8. The highest BCUT2D eigenvalue weighted by molar-refractivity contribution is 5.93. The van der Waals surface area contributed by atoms with Gasteiger partial charge in [-0.3, -0.25) is 9.59 Å². The van der Waals surface area contributed by atoms with Gasteiger partial charge in [0.1, 0.15) is 12.4 Å². The number of fused-ring (bicyclic) bond motifs is 1. The Kier molecular flexibility index (Phi) is 4.42. The molecule has 0 bridgehead atoms. The van der Waals surface area contributed by atoms with Crippen LogP contribution in [0.5, 0.6) is 0 Å². The Balaban J connectivity index is 1.92. The number of aliphatic carboxylic acids is 1. The Morgan fingerprint density at radius 3 is 2.44 bits per heavy atom. The predicted octanol–water partition coefficient (Wildman–Crippen LogP) is 1.97. The van der Waals surface area contributed by atoms with E-state index in [0.717, 1.165) is 5.39 Å². The van der Waals surface area contributed by atoms with Crippen molar-refractivity contribution < 1.29 is 14.7 Å². The summed E-state index contributed by atoms with van der Waals surface area (Å²) in [7, 11) is 0. The number of nitrogens with two attached hydrogens (primary N) is 1. The van der Waals surface area contributed by atoms with Crippen molar-refractivity contribution >= 4 is 40.2 Å². The number of nitrogens with zero attached hydrogens (tertiary/aromatic N) is 2. The number of carboxylic acids is 1. The molecule has 0 saturated heterocycles. The van der Waals surface area contributed by atoms with Gasteiger partial charge in [-0.05, 0) is 36.4 Å². The Morgan fingerprint density at radius 1 is 1.04 bits per heavy atom. The van der Waals surface area contributed by atoms with Gasteiger partial charge in [-0.25, -0.2) is 4.98 Å². The monoisotopic (exact) mass is 337 g/mol. The van der Waals surface area contributed by atoms with E-state index < -0.39 is 11.9 Å². The lowest BCUT2D eigenvalue weighted by Crippen LogP contribution is -2.14. The zero-order chi connectivity index (χ0) is 17.8. The van der Waals surface area contributed by atoms with E-state index in [9.17, 15) is 9.59 Å². The third-order valence-electron chi connectivity index (χ3n) is 3.44. The lowest BCUT2D eigenvalue weighted by molar-refractivity contribution is -0.134. The summed E-state index contributed by atoms with van der Waals surface area (Å²) >= 11 is 0. The van der Waals surface area contributed by atoms with Crippen LogP contribution in [0.2, 0.25) is 0 Å². The minimum Gasteiger partial charge on any atom is -0.480 e. The van der Waals surface area contributed by atoms with Crippen molar-refractivity contribution in [3.63, 3.8) is 0 Å². The maximum atomic E-state index is 11.1. The first kappa shape index (κ1) is 16.2. The number of nitrogens with one attached hydrogen (secondary N) is 2. The fourth-order valence-electron chi connectivity index (χ4n) is 2.27. The van der Waals surface area contributed by atoms with E-state index in [1.165, 1.54) is 0 Å². The molecule has 0 fully saturated rings. The number of carbonyl (C=O) groups is 2. The van der Waals surface area contributed by atoms with Crippen molar-refractivity contribution in [2.45, 2.75) is 0 Å². The first-order valence-electron chi connectivity index (χ1n) is 7.42. The number of aromatic nitrogens is 2. The quantitative estimate of drug-likeness (QED) is 0.541. The van der Waals surface area contributed by atoms with Crippen LogP contribution < -0.4 is 16.4 Å². The Bertz CT molecular complexity index is 941. The highest BCUT2D eigenvalue weighted by Gasteiger charge is 2.09. The van der Waals surface area contributed by atoms with Crippen LogP contribution in [0.1, 0.15) is 10.4 Å². The number of benzene rings is 2. The summed E-state index contributed by atoms with van der Waals surface area (Å²) in [5.41, 5.74) is 6.95. The Morgan fingerprint density at radius 2 is 1.76 bits per heavy atom. The van der Waals surface area contributed by atoms with Gasteiger partial charge >= 0.3 is 5.97 Å². The molecule has 0 atom stereocenters. The zero-order valence-corrected chi connectivity index (χ0v) is 13.1. The molecular formula is C17H15N5O3. The molecule has 0 aliphatic carbocycles. The van der Waals surface area contributed by atoms with E-state index in [0.29, 0.717) is 28.5 Å². The Hall–Kier alpha value is -3.68. The summed E-state index contributed by atoms with van der Waals surface area (Å²) in [4.78, 5) is 30.7. The molecule has 0 unspecified atom stereocenters. The lowest BCUT2D eigenvalue weighted by atomic mass is 10.2. The third kappa shape index (κ3) is 3.81. The summed E-state index contributed by atoms with van der Waals surface area (Å²) in [5, 5.41) is 15.4. The molecule has 0 radical (unpaired) electrons. The minimum absolute atomic E-state index is 0.256. The van der Waals surface area contributed by atoms with Crippen LogP contribution in [0.15, 0.2) is 48.5 Å². The van der Waals surface area contributed by atoms with Gasteiger partial charge in [0.05, 0.1) is 5.52 Å². The summed E-state index contributed by atoms with van der Waals surface area (Å²) in [6.45, 7) is -0.256. The molecule has 3 aromatic rings. The molecule has 1 heterocycles. The van der Waals surface area contributed by atoms with Crippen LogP contribution in [-0.4, -0.2) is 33.5 Å². The van der Waals surface area contributed by atoms with Crippen molar-refractivity contribution in [1.82, 2.24) is 9.97 Å². The normalized spacial score (nSPS) is 10.4. The fraction of sp³-hybridized carbons (Fsp3) is 0.0588. The maximum absolute atomic E-state index is 11.1. The van der Waals surface area contributed by atoms with Crippen LogP contribution in [-0.2, 0) is 4.79 Å². The van der Waals surface area contributed by atoms with E-state index in [1.54, 1.807) is 24.3 Å². The van der Waals surface area contributed by atoms with Crippen molar-refractivity contribution in [3.8, 4) is 0 Å². The summed E-state index contributed by atoms with van der Waals surface area (Å²) in [6.07, 6.45) is 0. The zero-order valence-electron chi connectivity index (χ0n) is 13.1. The van der Waals surface area contributed by atoms with E-state index >= 15 is 0 Å². The first-order valence-corrected chi connectivity index (χ1v) is 7.42.